The van der Waals surface area contributed by atoms with Gasteiger partial charge in [-0.1, -0.05) is 37.6 Å². The van der Waals surface area contributed by atoms with Gasteiger partial charge >= 0.3 is 12.0 Å². The monoisotopic (exact) mass is 356 g/mol. The number of carbonyl (C=O) groups excluding carboxylic acids is 2. The van der Waals surface area contributed by atoms with E-state index in [0.717, 1.165) is 18.4 Å². The van der Waals surface area contributed by atoms with Gasteiger partial charge in [0.2, 0.25) is 0 Å². The van der Waals surface area contributed by atoms with Crippen molar-refractivity contribution in [2.75, 3.05) is 11.9 Å². The van der Waals surface area contributed by atoms with Crippen molar-refractivity contribution in [1.82, 2.24) is 5.32 Å². The lowest BCUT2D eigenvalue weighted by Gasteiger charge is -2.10. The number of amides is 2. The largest absolute Gasteiger partial charge is 0.462 e. The van der Waals surface area contributed by atoms with Gasteiger partial charge in [0.15, 0.2) is 0 Å². The predicted octanol–water partition coefficient (Wildman–Crippen LogP) is 4.58. The molecule has 0 aromatic heterocycles. The molecule has 2 rings (SSSR count). The maximum atomic E-state index is 12.8. The van der Waals surface area contributed by atoms with Gasteiger partial charge in [0.25, 0.3) is 0 Å². The Morgan fingerprint density at radius 1 is 1.12 bits per heavy atom. The van der Waals surface area contributed by atoms with E-state index in [2.05, 4.69) is 10.6 Å². The van der Waals surface area contributed by atoms with E-state index in [4.69, 9.17) is 4.74 Å². The van der Waals surface area contributed by atoms with Gasteiger partial charge in [-0.25, -0.2) is 14.0 Å². The summed E-state index contributed by atoms with van der Waals surface area (Å²) in [5.74, 6) is -0.800. The van der Waals surface area contributed by atoms with E-state index in [-0.39, 0.29) is 5.82 Å². The van der Waals surface area contributed by atoms with Crippen LogP contribution >= 0.6 is 0 Å². The molecule has 2 amide bonds. The maximum absolute atomic E-state index is 12.8. The minimum atomic E-state index is -0.503. The minimum Gasteiger partial charge on any atom is -0.462 e. The molecule has 0 bridgehead atoms. The highest BCUT2D eigenvalue weighted by atomic mass is 19.1. The lowest BCUT2D eigenvalue weighted by Crippen LogP contribution is -2.25. The van der Waals surface area contributed by atoms with Crippen molar-refractivity contribution in [2.45, 2.75) is 19.8 Å². The third kappa shape index (κ3) is 6.05. The molecule has 0 aliphatic carbocycles. The van der Waals surface area contributed by atoms with E-state index in [1.54, 1.807) is 42.5 Å². The summed E-state index contributed by atoms with van der Waals surface area (Å²) in [6, 6.07) is 12.0. The quantitative estimate of drug-likeness (QED) is 0.564. The number of rotatable bonds is 7. The Bertz CT molecular complexity index is 773. The molecular formula is C20H21FN2O3. The fourth-order valence-corrected chi connectivity index (χ4v) is 2.10. The van der Waals surface area contributed by atoms with Crippen molar-refractivity contribution >= 4 is 23.8 Å². The van der Waals surface area contributed by atoms with Gasteiger partial charge in [-0.15, -0.1) is 0 Å². The van der Waals surface area contributed by atoms with Gasteiger partial charge < -0.3 is 15.4 Å². The van der Waals surface area contributed by atoms with Crippen molar-refractivity contribution in [3.8, 4) is 0 Å². The highest BCUT2D eigenvalue weighted by Gasteiger charge is 2.13. The zero-order chi connectivity index (χ0) is 18.8. The van der Waals surface area contributed by atoms with Gasteiger partial charge in [0, 0.05) is 6.20 Å². The van der Waals surface area contributed by atoms with Crippen LogP contribution in [0.2, 0.25) is 0 Å². The number of urea groups is 1. The van der Waals surface area contributed by atoms with Gasteiger partial charge in [-0.05, 0) is 42.3 Å². The summed E-state index contributed by atoms with van der Waals surface area (Å²) in [4.78, 5) is 24.1. The molecule has 0 heterocycles. The third-order valence-corrected chi connectivity index (χ3v) is 3.49. The molecule has 0 aliphatic rings. The van der Waals surface area contributed by atoms with Crippen LogP contribution in [0.25, 0.3) is 6.08 Å². The van der Waals surface area contributed by atoms with Crippen LogP contribution < -0.4 is 10.6 Å². The third-order valence-electron chi connectivity index (χ3n) is 3.49. The van der Waals surface area contributed by atoms with Crippen LogP contribution in [0.5, 0.6) is 0 Å². The minimum absolute atomic E-state index is 0.293. The van der Waals surface area contributed by atoms with Gasteiger partial charge in [0.1, 0.15) is 5.82 Å². The Labute approximate surface area is 151 Å². The number of esters is 1. The summed E-state index contributed by atoms with van der Waals surface area (Å²) in [5, 5.41) is 5.15. The van der Waals surface area contributed by atoms with Crippen molar-refractivity contribution in [2.24, 2.45) is 0 Å². The SMILES string of the molecule is CCCCOC(=O)c1ccccc1NC(=O)N/C=C/c1ccc(F)cc1. The fourth-order valence-electron chi connectivity index (χ4n) is 2.10. The normalized spacial score (nSPS) is 10.5. The lowest BCUT2D eigenvalue weighted by atomic mass is 10.2. The van der Waals surface area contributed by atoms with E-state index in [1.165, 1.54) is 18.3 Å². The van der Waals surface area contributed by atoms with Crippen LogP contribution in [0.1, 0.15) is 35.7 Å². The average Bonchev–Trinajstić information content (AvgIpc) is 2.64. The molecule has 0 saturated carbocycles. The molecule has 2 aromatic carbocycles. The van der Waals surface area contributed by atoms with Crippen LogP contribution in [0, 0.1) is 5.82 Å². The highest BCUT2D eigenvalue weighted by Crippen LogP contribution is 2.16. The molecule has 0 unspecified atom stereocenters. The summed E-state index contributed by atoms with van der Waals surface area (Å²) in [5.41, 5.74) is 1.40. The molecule has 0 fully saturated rings. The van der Waals surface area contributed by atoms with Crippen molar-refractivity contribution < 1.29 is 18.7 Å². The van der Waals surface area contributed by atoms with E-state index in [1.807, 2.05) is 6.92 Å². The Balaban J connectivity index is 1.94. The number of unbranched alkanes of at least 4 members (excludes halogenated alkanes) is 1. The second-order valence-corrected chi connectivity index (χ2v) is 5.52. The molecule has 0 spiro atoms. The second-order valence-electron chi connectivity index (χ2n) is 5.52. The average molecular weight is 356 g/mol. The van der Waals surface area contributed by atoms with Gasteiger partial charge in [0.05, 0.1) is 17.9 Å². The standard InChI is InChI=1S/C20H21FN2O3/c1-2-3-14-26-19(24)17-6-4-5-7-18(17)23-20(25)22-13-12-15-8-10-16(21)11-9-15/h4-13H,2-3,14H2,1H3,(H2,22,23,25)/b13-12+. The Morgan fingerprint density at radius 2 is 1.85 bits per heavy atom. The first-order valence-corrected chi connectivity index (χ1v) is 8.36. The first-order valence-electron chi connectivity index (χ1n) is 8.36. The number of para-hydroxylation sites is 1. The molecule has 2 N–H and O–H groups in total. The summed E-state index contributed by atoms with van der Waals surface area (Å²) in [6.45, 7) is 2.35. The topological polar surface area (TPSA) is 67.4 Å². The molecule has 0 aliphatic heterocycles. The van der Waals surface area contributed by atoms with E-state index in [0.29, 0.717) is 17.9 Å². The van der Waals surface area contributed by atoms with Gasteiger partial charge in [-0.3, -0.25) is 0 Å². The summed E-state index contributed by atoms with van der Waals surface area (Å²) in [7, 11) is 0. The van der Waals surface area contributed by atoms with Crippen molar-refractivity contribution in [3.05, 3.63) is 71.7 Å². The summed E-state index contributed by atoms with van der Waals surface area (Å²) < 4.78 is 18.0. The molecular weight excluding hydrogens is 335 g/mol. The number of benzene rings is 2. The molecule has 5 nitrogen and oxygen atoms in total. The Hall–Kier alpha value is -3.15. The highest BCUT2D eigenvalue weighted by molar-refractivity contribution is 6.01. The number of halogens is 1. The number of nitrogens with one attached hydrogen (secondary N) is 2. The van der Waals surface area contributed by atoms with Crippen molar-refractivity contribution in [3.63, 3.8) is 0 Å². The molecule has 0 radical (unpaired) electrons. The first kappa shape index (κ1) is 19.2. The van der Waals surface area contributed by atoms with Crippen molar-refractivity contribution in [1.29, 1.82) is 0 Å². The molecule has 6 heteroatoms. The number of anilines is 1. The van der Waals surface area contributed by atoms with Crippen LogP contribution in [0.4, 0.5) is 14.9 Å². The number of ether oxygens (including phenoxy) is 1. The second kappa shape index (κ2) is 9.98. The summed E-state index contributed by atoms with van der Waals surface area (Å²) in [6.07, 6.45) is 4.78. The Morgan fingerprint density at radius 3 is 2.58 bits per heavy atom. The lowest BCUT2D eigenvalue weighted by molar-refractivity contribution is 0.0501. The molecule has 136 valence electrons. The van der Waals surface area contributed by atoms with Crippen LogP contribution in [-0.2, 0) is 4.74 Å². The fraction of sp³-hybridized carbons (Fsp3) is 0.200. The first-order chi connectivity index (χ1) is 12.6. The smallest absolute Gasteiger partial charge is 0.340 e. The molecule has 0 atom stereocenters. The molecule has 2 aromatic rings. The molecule has 26 heavy (non-hydrogen) atoms. The zero-order valence-corrected chi connectivity index (χ0v) is 14.5. The van der Waals surface area contributed by atoms with Crippen LogP contribution in [0.3, 0.4) is 0 Å². The number of hydrogen-bond acceptors (Lipinski definition) is 3. The zero-order valence-electron chi connectivity index (χ0n) is 14.5. The Kier molecular flexibility index (Phi) is 7.36. The molecule has 0 saturated heterocycles. The number of carbonyl (C=O) groups is 2. The van der Waals surface area contributed by atoms with Crippen LogP contribution in [0.15, 0.2) is 54.7 Å². The van der Waals surface area contributed by atoms with Gasteiger partial charge in [-0.2, -0.15) is 0 Å². The van der Waals surface area contributed by atoms with E-state index < -0.39 is 12.0 Å². The predicted molar refractivity (Wildman–Crippen MR) is 99.2 cm³/mol. The summed E-state index contributed by atoms with van der Waals surface area (Å²) >= 11 is 0. The van der Waals surface area contributed by atoms with E-state index in [9.17, 15) is 14.0 Å². The number of hydrogen-bond donors (Lipinski definition) is 2. The maximum Gasteiger partial charge on any atom is 0.340 e. The van der Waals surface area contributed by atoms with E-state index >= 15 is 0 Å². The van der Waals surface area contributed by atoms with Crippen LogP contribution in [-0.4, -0.2) is 18.6 Å².